The molecule has 6 nitrogen and oxygen atoms in total. The number of hydrogen-bond donors (Lipinski definition) is 0. The van der Waals surface area contributed by atoms with Crippen molar-refractivity contribution < 1.29 is 28.6 Å². The molecule has 0 aliphatic carbocycles. The van der Waals surface area contributed by atoms with Crippen LogP contribution in [-0.4, -0.2) is 37.2 Å². The van der Waals surface area contributed by atoms with E-state index >= 15 is 0 Å². The van der Waals surface area contributed by atoms with Gasteiger partial charge in [-0.2, -0.15) is 0 Å². The standard InChI is InChI=1S/C57H96O6/c1-4-7-10-13-16-19-22-25-27-28-30-32-35-38-41-44-47-50-56(59)62-53-54(52-61-55(58)49-46-43-40-37-34-31-24-21-18-15-12-9-6-3)63-57(60)51-48-45-42-39-36-33-29-26-23-20-17-14-11-8-5-2/h16-17,19-21,24-27,29-30,32,38,41,54H,4-15,18,22-23,28,31,33-37,39-40,42-53H2,1-3H3/b19-16-,20-17-,24-21-,27-25-,29-26-,32-30-,41-38-/t54-/m1/s1. The maximum Gasteiger partial charge on any atom is 0.306 e. The van der Waals surface area contributed by atoms with Crippen molar-refractivity contribution in [3.8, 4) is 0 Å². The third-order valence-corrected chi connectivity index (χ3v) is 10.8. The van der Waals surface area contributed by atoms with Crippen molar-refractivity contribution in [1.29, 1.82) is 0 Å². The van der Waals surface area contributed by atoms with Crippen LogP contribution in [0.2, 0.25) is 0 Å². The Kier molecular flexibility index (Phi) is 48.5. The van der Waals surface area contributed by atoms with E-state index in [4.69, 9.17) is 14.2 Å². The molecule has 0 amide bonds. The normalized spacial score (nSPS) is 12.7. The predicted molar refractivity (Wildman–Crippen MR) is 270 cm³/mol. The van der Waals surface area contributed by atoms with E-state index in [1.807, 2.05) is 0 Å². The molecular weight excluding hydrogens is 781 g/mol. The van der Waals surface area contributed by atoms with Crippen molar-refractivity contribution in [1.82, 2.24) is 0 Å². The molecule has 0 saturated carbocycles. The molecule has 0 spiro atoms. The maximum absolute atomic E-state index is 12.8. The van der Waals surface area contributed by atoms with Crippen LogP contribution in [0, 0.1) is 0 Å². The lowest BCUT2D eigenvalue weighted by molar-refractivity contribution is -0.167. The van der Waals surface area contributed by atoms with Gasteiger partial charge in [0, 0.05) is 19.3 Å². The second-order valence-electron chi connectivity index (χ2n) is 17.1. The van der Waals surface area contributed by atoms with Gasteiger partial charge in [0.25, 0.3) is 0 Å². The van der Waals surface area contributed by atoms with Crippen LogP contribution in [-0.2, 0) is 28.6 Å². The van der Waals surface area contributed by atoms with Crippen molar-refractivity contribution in [2.24, 2.45) is 0 Å². The van der Waals surface area contributed by atoms with E-state index < -0.39 is 6.10 Å². The minimum Gasteiger partial charge on any atom is -0.462 e. The predicted octanol–water partition coefficient (Wildman–Crippen LogP) is 17.2. The largest absolute Gasteiger partial charge is 0.462 e. The van der Waals surface area contributed by atoms with Crippen LogP contribution in [0.3, 0.4) is 0 Å². The second kappa shape index (κ2) is 51.2. The van der Waals surface area contributed by atoms with E-state index in [0.717, 1.165) is 103 Å². The average molecular weight is 877 g/mol. The van der Waals surface area contributed by atoms with Gasteiger partial charge in [0.15, 0.2) is 6.10 Å². The van der Waals surface area contributed by atoms with Gasteiger partial charge in [0.2, 0.25) is 0 Å². The summed E-state index contributed by atoms with van der Waals surface area (Å²) in [6.07, 6.45) is 65.6. The Morgan fingerprint density at radius 3 is 1.00 bits per heavy atom. The molecule has 0 bridgehead atoms. The van der Waals surface area contributed by atoms with Crippen molar-refractivity contribution >= 4 is 17.9 Å². The van der Waals surface area contributed by atoms with Gasteiger partial charge < -0.3 is 14.2 Å². The lowest BCUT2D eigenvalue weighted by Gasteiger charge is -2.18. The molecule has 0 aliphatic heterocycles. The minimum absolute atomic E-state index is 0.104. The monoisotopic (exact) mass is 877 g/mol. The van der Waals surface area contributed by atoms with Gasteiger partial charge in [-0.15, -0.1) is 0 Å². The lowest BCUT2D eigenvalue weighted by Crippen LogP contribution is -2.30. The van der Waals surface area contributed by atoms with Crippen molar-refractivity contribution in [2.45, 2.75) is 245 Å². The summed E-state index contributed by atoms with van der Waals surface area (Å²) in [5.74, 6) is -0.986. The van der Waals surface area contributed by atoms with E-state index in [-0.39, 0.29) is 37.5 Å². The van der Waals surface area contributed by atoms with E-state index in [0.29, 0.717) is 19.3 Å². The van der Waals surface area contributed by atoms with Gasteiger partial charge in [0.1, 0.15) is 13.2 Å². The molecule has 0 rings (SSSR count). The van der Waals surface area contributed by atoms with Crippen LogP contribution in [0.25, 0.3) is 0 Å². The van der Waals surface area contributed by atoms with Crippen LogP contribution in [0.5, 0.6) is 0 Å². The van der Waals surface area contributed by atoms with Crippen LogP contribution < -0.4 is 0 Å². The molecule has 0 aromatic carbocycles. The third kappa shape index (κ3) is 49.5. The number of allylic oxidation sites excluding steroid dienone is 14. The molecule has 0 radical (unpaired) electrons. The van der Waals surface area contributed by atoms with Crippen LogP contribution in [0.1, 0.15) is 239 Å². The number of esters is 3. The highest BCUT2D eigenvalue weighted by Crippen LogP contribution is 2.13. The highest BCUT2D eigenvalue weighted by atomic mass is 16.6. The van der Waals surface area contributed by atoms with Crippen LogP contribution >= 0.6 is 0 Å². The second-order valence-corrected chi connectivity index (χ2v) is 17.1. The Hall–Kier alpha value is -3.41. The first kappa shape index (κ1) is 59.6. The number of unbranched alkanes of at least 4 members (excludes halogenated alkanes) is 21. The molecule has 63 heavy (non-hydrogen) atoms. The fourth-order valence-electron chi connectivity index (χ4n) is 6.87. The summed E-state index contributed by atoms with van der Waals surface area (Å²) in [7, 11) is 0. The molecular formula is C57H96O6. The highest BCUT2D eigenvalue weighted by Gasteiger charge is 2.19. The average Bonchev–Trinajstić information content (AvgIpc) is 3.28. The molecule has 0 fully saturated rings. The lowest BCUT2D eigenvalue weighted by atomic mass is 10.1. The third-order valence-electron chi connectivity index (χ3n) is 10.8. The number of carbonyl (C=O) groups is 3. The Morgan fingerprint density at radius 2 is 0.587 bits per heavy atom. The quantitative estimate of drug-likeness (QED) is 0.0262. The zero-order valence-corrected chi connectivity index (χ0v) is 41.1. The smallest absolute Gasteiger partial charge is 0.306 e. The molecule has 360 valence electrons. The molecule has 0 aliphatic rings. The van der Waals surface area contributed by atoms with Crippen molar-refractivity contribution in [2.75, 3.05) is 13.2 Å². The fraction of sp³-hybridized carbons (Fsp3) is 0.702. The van der Waals surface area contributed by atoms with Gasteiger partial charge in [0.05, 0.1) is 0 Å². The first-order valence-corrected chi connectivity index (χ1v) is 26.1. The number of hydrogen-bond acceptors (Lipinski definition) is 6. The van der Waals surface area contributed by atoms with E-state index in [9.17, 15) is 14.4 Å². The summed E-state index contributed by atoms with van der Waals surface area (Å²) < 4.78 is 16.7. The van der Waals surface area contributed by atoms with Gasteiger partial charge >= 0.3 is 17.9 Å². The molecule has 0 aromatic rings. The zero-order valence-electron chi connectivity index (χ0n) is 41.1. The van der Waals surface area contributed by atoms with Crippen molar-refractivity contribution in [3.05, 3.63) is 85.1 Å². The molecule has 6 heteroatoms. The molecule has 0 unspecified atom stereocenters. The molecule has 0 saturated heterocycles. The SMILES string of the molecule is CCCCC/C=C\C/C=C\C/C=C\C/C=C\CCCC(=O)OC[C@@H](COC(=O)CCCCCCC/C=C\CCCCCC)OC(=O)CCCCCCC/C=C\C/C=C\CCCCC. The van der Waals surface area contributed by atoms with Gasteiger partial charge in [-0.3, -0.25) is 14.4 Å². The Bertz CT molecular complexity index is 1240. The van der Waals surface area contributed by atoms with Gasteiger partial charge in [-0.05, 0) is 116 Å². The summed E-state index contributed by atoms with van der Waals surface area (Å²) >= 11 is 0. The Morgan fingerprint density at radius 1 is 0.317 bits per heavy atom. The molecule has 1 atom stereocenters. The van der Waals surface area contributed by atoms with Gasteiger partial charge in [-0.1, -0.05) is 189 Å². The Balaban J connectivity index is 4.51. The van der Waals surface area contributed by atoms with E-state index in [2.05, 4.69) is 106 Å². The number of rotatable bonds is 46. The number of ether oxygens (including phenoxy) is 3. The highest BCUT2D eigenvalue weighted by molar-refractivity contribution is 5.71. The van der Waals surface area contributed by atoms with Gasteiger partial charge in [-0.25, -0.2) is 0 Å². The molecule has 0 heterocycles. The van der Waals surface area contributed by atoms with Crippen LogP contribution in [0.15, 0.2) is 85.1 Å². The first-order chi connectivity index (χ1) is 31.0. The first-order valence-electron chi connectivity index (χ1n) is 26.1. The number of carbonyl (C=O) groups excluding carboxylic acids is 3. The molecule has 0 N–H and O–H groups in total. The maximum atomic E-state index is 12.8. The van der Waals surface area contributed by atoms with E-state index in [1.54, 1.807) is 0 Å². The summed E-state index contributed by atoms with van der Waals surface area (Å²) in [6.45, 7) is 6.49. The zero-order chi connectivity index (χ0) is 45.8. The molecule has 0 aromatic heterocycles. The summed E-state index contributed by atoms with van der Waals surface area (Å²) in [5, 5.41) is 0. The van der Waals surface area contributed by atoms with Crippen molar-refractivity contribution in [3.63, 3.8) is 0 Å². The van der Waals surface area contributed by atoms with Crippen LogP contribution in [0.4, 0.5) is 0 Å². The minimum atomic E-state index is -0.809. The Labute approximate surface area is 388 Å². The summed E-state index contributed by atoms with van der Waals surface area (Å²) in [4.78, 5) is 38.0. The summed E-state index contributed by atoms with van der Waals surface area (Å²) in [5.41, 5.74) is 0. The summed E-state index contributed by atoms with van der Waals surface area (Å²) in [6, 6.07) is 0. The topological polar surface area (TPSA) is 78.9 Å². The fourth-order valence-corrected chi connectivity index (χ4v) is 6.87. The van der Waals surface area contributed by atoms with E-state index in [1.165, 1.54) is 89.9 Å².